The van der Waals surface area contributed by atoms with Gasteiger partial charge in [0.1, 0.15) is 9.88 Å². The molecule has 0 bridgehead atoms. The molecule has 0 saturated carbocycles. The highest BCUT2D eigenvalue weighted by Gasteiger charge is 2.26. The lowest BCUT2D eigenvalue weighted by Gasteiger charge is -2.07. The summed E-state index contributed by atoms with van der Waals surface area (Å²) >= 11 is 0.881. The van der Waals surface area contributed by atoms with Crippen molar-refractivity contribution in [3.05, 3.63) is 51.4 Å². The molecule has 0 atom stereocenters. The molecule has 0 aliphatic heterocycles. The van der Waals surface area contributed by atoms with E-state index in [2.05, 4.69) is 10.1 Å². The third-order valence-corrected chi connectivity index (χ3v) is 5.18. The number of hydrogen-bond donors (Lipinski definition) is 1. The Kier molecular flexibility index (Phi) is 7.49. The largest absolute Gasteiger partial charge is 0.465 e. The average molecular weight is 419 g/mol. The van der Waals surface area contributed by atoms with Crippen LogP contribution in [0.1, 0.15) is 36.7 Å². The molecule has 0 unspecified atom stereocenters. The van der Waals surface area contributed by atoms with Crippen LogP contribution in [0.15, 0.2) is 24.3 Å². The van der Waals surface area contributed by atoms with Crippen LogP contribution in [-0.4, -0.2) is 44.6 Å². The van der Waals surface area contributed by atoms with E-state index >= 15 is 0 Å². The quantitative estimate of drug-likeness (QED) is 0.543. The monoisotopic (exact) mass is 419 g/mol. The van der Waals surface area contributed by atoms with Gasteiger partial charge < -0.3 is 19.5 Å². The number of carbonyl (C=O) groups is 4. The van der Waals surface area contributed by atoms with Gasteiger partial charge in [0.25, 0.3) is 5.91 Å². The smallest absolute Gasteiger partial charge is 0.348 e. The van der Waals surface area contributed by atoms with Gasteiger partial charge in [-0.25, -0.2) is 9.59 Å². The van der Waals surface area contributed by atoms with Gasteiger partial charge in [-0.2, -0.15) is 0 Å². The van der Waals surface area contributed by atoms with Crippen LogP contribution >= 0.6 is 11.3 Å². The Balaban J connectivity index is 2.04. The summed E-state index contributed by atoms with van der Waals surface area (Å²) in [5, 5.41) is 2.61. The maximum Gasteiger partial charge on any atom is 0.348 e. The standard InChI is InChI=1S/C20H21NO7S/c1-11-5-7-13(8-6-11)9-15(23)28-10-14(22)21-18-16(19(24)26-3)12(2)17(29-18)20(25)27-4/h5-8H,9-10H2,1-4H3,(H,21,22). The normalized spacial score (nSPS) is 10.2. The van der Waals surface area contributed by atoms with Crippen LogP contribution in [-0.2, 0) is 30.2 Å². The van der Waals surface area contributed by atoms with Crippen molar-refractivity contribution in [1.29, 1.82) is 0 Å². The molecule has 154 valence electrons. The van der Waals surface area contributed by atoms with E-state index in [9.17, 15) is 19.2 Å². The molecule has 0 spiro atoms. The first-order valence-electron chi connectivity index (χ1n) is 8.57. The van der Waals surface area contributed by atoms with E-state index in [1.165, 1.54) is 14.2 Å². The second-order valence-electron chi connectivity index (χ2n) is 6.11. The topological polar surface area (TPSA) is 108 Å². The lowest BCUT2D eigenvalue weighted by Crippen LogP contribution is -2.22. The van der Waals surface area contributed by atoms with Crippen LogP contribution in [0.5, 0.6) is 0 Å². The third kappa shape index (κ3) is 5.64. The second-order valence-corrected chi connectivity index (χ2v) is 7.14. The van der Waals surface area contributed by atoms with E-state index in [4.69, 9.17) is 9.47 Å². The fraction of sp³-hybridized carbons (Fsp3) is 0.300. The summed E-state index contributed by atoms with van der Waals surface area (Å²) in [4.78, 5) is 48.2. The van der Waals surface area contributed by atoms with Gasteiger partial charge in [0.2, 0.25) is 0 Å². The number of benzene rings is 1. The molecule has 0 radical (unpaired) electrons. The Morgan fingerprint density at radius 2 is 1.59 bits per heavy atom. The fourth-order valence-corrected chi connectivity index (χ4v) is 3.60. The number of ether oxygens (including phenoxy) is 3. The van der Waals surface area contributed by atoms with Gasteiger partial charge in [-0.05, 0) is 25.0 Å². The summed E-state index contributed by atoms with van der Waals surface area (Å²) in [6.45, 7) is 2.95. The zero-order valence-electron chi connectivity index (χ0n) is 16.5. The molecule has 0 aliphatic carbocycles. The predicted molar refractivity (Wildman–Crippen MR) is 106 cm³/mol. The highest BCUT2D eigenvalue weighted by atomic mass is 32.1. The van der Waals surface area contributed by atoms with Gasteiger partial charge in [0.15, 0.2) is 6.61 Å². The third-order valence-electron chi connectivity index (χ3n) is 3.99. The second kappa shape index (κ2) is 9.83. The Labute approximate surface area is 171 Å². The SMILES string of the molecule is COC(=O)c1sc(NC(=O)COC(=O)Cc2ccc(C)cc2)c(C(=O)OC)c1C. The first-order chi connectivity index (χ1) is 13.8. The minimum absolute atomic E-state index is 0.0333. The molecule has 0 aliphatic rings. The van der Waals surface area contributed by atoms with Crippen LogP contribution in [0.2, 0.25) is 0 Å². The van der Waals surface area contributed by atoms with Gasteiger partial charge >= 0.3 is 17.9 Å². The number of rotatable bonds is 7. The minimum atomic E-state index is -0.708. The van der Waals surface area contributed by atoms with Crippen molar-refractivity contribution in [1.82, 2.24) is 0 Å². The Morgan fingerprint density at radius 1 is 0.966 bits per heavy atom. The molecule has 0 fully saturated rings. The number of esters is 3. The summed E-state index contributed by atoms with van der Waals surface area (Å²) in [5.74, 6) is -2.55. The van der Waals surface area contributed by atoms with Crippen LogP contribution in [0.4, 0.5) is 5.00 Å². The van der Waals surface area contributed by atoms with Crippen molar-refractivity contribution in [2.45, 2.75) is 20.3 Å². The van der Waals surface area contributed by atoms with Crippen molar-refractivity contribution < 1.29 is 33.4 Å². The van der Waals surface area contributed by atoms with Crippen LogP contribution < -0.4 is 5.32 Å². The number of aryl methyl sites for hydroxylation is 1. The van der Waals surface area contributed by atoms with Crippen LogP contribution in [0.25, 0.3) is 0 Å². The van der Waals surface area contributed by atoms with Gasteiger partial charge in [-0.3, -0.25) is 9.59 Å². The number of nitrogens with one attached hydrogen (secondary N) is 1. The van der Waals surface area contributed by atoms with Crippen LogP contribution in [0, 0.1) is 13.8 Å². The molecule has 1 amide bonds. The molecule has 9 heteroatoms. The molecule has 2 rings (SSSR count). The van der Waals surface area contributed by atoms with Gasteiger partial charge in [0.05, 0.1) is 26.2 Å². The predicted octanol–water partition coefficient (Wildman–Crippen LogP) is 2.66. The number of amides is 1. The molecule has 1 N–H and O–H groups in total. The molecule has 8 nitrogen and oxygen atoms in total. The molecule has 29 heavy (non-hydrogen) atoms. The number of anilines is 1. The Morgan fingerprint density at radius 3 is 2.17 bits per heavy atom. The van der Waals surface area contributed by atoms with Crippen molar-refractivity contribution in [2.75, 3.05) is 26.1 Å². The zero-order valence-corrected chi connectivity index (χ0v) is 17.3. The van der Waals surface area contributed by atoms with Gasteiger partial charge in [-0.15, -0.1) is 11.3 Å². The number of hydrogen-bond acceptors (Lipinski definition) is 8. The molecular weight excluding hydrogens is 398 g/mol. The van der Waals surface area contributed by atoms with Crippen molar-refractivity contribution in [2.24, 2.45) is 0 Å². The summed E-state index contributed by atoms with van der Waals surface area (Å²) in [6, 6.07) is 7.37. The van der Waals surface area contributed by atoms with Crippen molar-refractivity contribution in [3.63, 3.8) is 0 Å². The maximum absolute atomic E-state index is 12.2. The first kappa shape index (κ1) is 22.1. The van der Waals surface area contributed by atoms with Gasteiger partial charge in [0, 0.05) is 0 Å². The Hall–Kier alpha value is -3.20. The Bertz CT molecular complexity index is 931. The molecule has 0 saturated heterocycles. The van der Waals surface area contributed by atoms with E-state index < -0.39 is 30.4 Å². The lowest BCUT2D eigenvalue weighted by molar-refractivity contribution is -0.146. The summed E-state index contributed by atoms with van der Waals surface area (Å²) in [7, 11) is 2.40. The average Bonchev–Trinajstić information content (AvgIpc) is 3.02. The first-order valence-corrected chi connectivity index (χ1v) is 9.39. The van der Waals surface area contributed by atoms with Gasteiger partial charge in [-0.1, -0.05) is 29.8 Å². The molecule has 1 aromatic carbocycles. The lowest BCUT2D eigenvalue weighted by atomic mass is 10.1. The van der Waals surface area contributed by atoms with E-state index in [1.54, 1.807) is 6.92 Å². The van der Waals surface area contributed by atoms with E-state index in [0.29, 0.717) is 5.56 Å². The van der Waals surface area contributed by atoms with Crippen molar-refractivity contribution >= 4 is 40.2 Å². The summed E-state index contributed by atoms with van der Waals surface area (Å²) in [6.07, 6.45) is 0.0333. The summed E-state index contributed by atoms with van der Waals surface area (Å²) < 4.78 is 14.4. The molecule has 1 heterocycles. The number of thiophene rings is 1. The maximum atomic E-state index is 12.2. The highest BCUT2D eigenvalue weighted by Crippen LogP contribution is 2.34. The fourth-order valence-electron chi connectivity index (χ4n) is 2.47. The van der Waals surface area contributed by atoms with Crippen LogP contribution in [0.3, 0.4) is 0 Å². The van der Waals surface area contributed by atoms with E-state index in [1.807, 2.05) is 31.2 Å². The van der Waals surface area contributed by atoms with E-state index in [0.717, 1.165) is 22.5 Å². The molecular formula is C20H21NO7S. The van der Waals surface area contributed by atoms with Crippen molar-refractivity contribution in [3.8, 4) is 0 Å². The van der Waals surface area contributed by atoms with E-state index in [-0.39, 0.29) is 21.9 Å². The highest BCUT2D eigenvalue weighted by molar-refractivity contribution is 7.18. The minimum Gasteiger partial charge on any atom is -0.465 e. The zero-order chi connectivity index (χ0) is 21.6. The molecule has 1 aromatic heterocycles. The summed E-state index contributed by atoms with van der Waals surface area (Å²) in [5.41, 5.74) is 2.23. The molecule has 2 aromatic rings. The number of methoxy groups -OCH3 is 2. The number of carbonyl (C=O) groups excluding carboxylic acids is 4.